The van der Waals surface area contributed by atoms with Crippen LogP contribution in [0.2, 0.25) is 5.02 Å². The third-order valence-corrected chi connectivity index (χ3v) is 3.81. The molecular formula is C16H13ClFN3. The van der Waals surface area contributed by atoms with Crippen molar-refractivity contribution in [3.05, 3.63) is 58.9 Å². The van der Waals surface area contributed by atoms with E-state index in [0.717, 1.165) is 11.1 Å². The maximum absolute atomic E-state index is 14.0. The molecule has 0 amide bonds. The second-order valence-electron chi connectivity index (χ2n) is 4.80. The molecule has 3 N–H and O–H groups in total. The van der Waals surface area contributed by atoms with Crippen LogP contribution in [-0.4, -0.2) is 10.2 Å². The van der Waals surface area contributed by atoms with Gasteiger partial charge in [-0.05, 0) is 24.6 Å². The minimum Gasteiger partial charge on any atom is -0.382 e. The monoisotopic (exact) mass is 301 g/mol. The zero-order valence-corrected chi connectivity index (χ0v) is 12.1. The number of nitrogen functional groups attached to an aromatic ring is 1. The van der Waals surface area contributed by atoms with Gasteiger partial charge in [0.1, 0.15) is 5.82 Å². The molecule has 0 aliphatic heterocycles. The first-order valence-corrected chi connectivity index (χ1v) is 6.81. The molecule has 5 heteroatoms. The number of rotatable bonds is 2. The van der Waals surface area contributed by atoms with Crippen LogP contribution in [0, 0.1) is 12.7 Å². The molecule has 2 aromatic carbocycles. The zero-order valence-electron chi connectivity index (χ0n) is 11.3. The molecule has 0 radical (unpaired) electrons. The highest BCUT2D eigenvalue weighted by Crippen LogP contribution is 2.37. The Bertz CT molecular complexity index is 811. The molecule has 3 aromatic rings. The van der Waals surface area contributed by atoms with Crippen LogP contribution in [0.5, 0.6) is 0 Å². The first-order chi connectivity index (χ1) is 10.1. The molecule has 0 unspecified atom stereocenters. The van der Waals surface area contributed by atoms with Gasteiger partial charge in [-0.3, -0.25) is 5.10 Å². The van der Waals surface area contributed by atoms with Crippen molar-refractivity contribution in [3.8, 4) is 22.4 Å². The number of nitrogens with zero attached hydrogens (tertiary/aromatic N) is 1. The summed E-state index contributed by atoms with van der Waals surface area (Å²) in [4.78, 5) is 0. The first-order valence-electron chi connectivity index (χ1n) is 6.43. The highest BCUT2D eigenvalue weighted by molar-refractivity contribution is 6.31. The van der Waals surface area contributed by atoms with Crippen molar-refractivity contribution in [1.29, 1.82) is 0 Å². The van der Waals surface area contributed by atoms with Crippen LogP contribution in [0.15, 0.2) is 42.5 Å². The van der Waals surface area contributed by atoms with Crippen LogP contribution in [-0.2, 0) is 0 Å². The van der Waals surface area contributed by atoms with Gasteiger partial charge in [0.2, 0.25) is 0 Å². The SMILES string of the molecule is Cc1ccc(-c2[nH]nc(N)c2-c2ccccc2F)cc1Cl. The summed E-state index contributed by atoms with van der Waals surface area (Å²) in [7, 11) is 0. The lowest BCUT2D eigenvalue weighted by Crippen LogP contribution is -1.91. The molecule has 1 heterocycles. The third kappa shape index (κ3) is 2.38. The van der Waals surface area contributed by atoms with Crippen LogP contribution in [0.3, 0.4) is 0 Å². The van der Waals surface area contributed by atoms with E-state index in [9.17, 15) is 4.39 Å². The number of aromatic amines is 1. The summed E-state index contributed by atoms with van der Waals surface area (Å²) in [5, 5.41) is 7.51. The fourth-order valence-corrected chi connectivity index (χ4v) is 2.43. The maximum Gasteiger partial charge on any atom is 0.153 e. The van der Waals surface area contributed by atoms with Gasteiger partial charge < -0.3 is 5.73 Å². The van der Waals surface area contributed by atoms with Crippen molar-refractivity contribution in [2.45, 2.75) is 6.92 Å². The highest BCUT2D eigenvalue weighted by atomic mass is 35.5. The second kappa shape index (κ2) is 5.22. The lowest BCUT2D eigenvalue weighted by molar-refractivity contribution is 0.631. The van der Waals surface area contributed by atoms with Crippen LogP contribution in [0.4, 0.5) is 10.2 Å². The summed E-state index contributed by atoms with van der Waals surface area (Å²) in [6.07, 6.45) is 0. The highest BCUT2D eigenvalue weighted by Gasteiger charge is 2.17. The average molecular weight is 302 g/mol. The molecule has 0 fully saturated rings. The van der Waals surface area contributed by atoms with Crippen molar-refractivity contribution in [1.82, 2.24) is 10.2 Å². The topological polar surface area (TPSA) is 54.7 Å². The minimum atomic E-state index is -0.343. The molecule has 0 aliphatic rings. The summed E-state index contributed by atoms with van der Waals surface area (Å²) < 4.78 is 14.0. The summed E-state index contributed by atoms with van der Waals surface area (Å²) in [5.74, 6) is -0.0862. The lowest BCUT2D eigenvalue weighted by atomic mass is 10.00. The average Bonchev–Trinajstić information content (AvgIpc) is 2.84. The van der Waals surface area contributed by atoms with E-state index >= 15 is 0 Å². The first kappa shape index (κ1) is 13.6. The number of hydrogen-bond acceptors (Lipinski definition) is 2. The second-order valence-corrected chi connectivity index (χ2v) is 5.21. The molecule has 21 heavy (non-hydrogen) atoms. The van der Waals surface area contributed by atoms with E-state index in [1.54, 1.807) is 18.2 Å². The molecule has 0 saturated carbocycles. The fraction of sp³-hybridized carbons (Fsp3) is 0.0625. The number of halogens is 2. The zero-order chi connectivity index (χ0) is 15.0. The molecule has 106 valence electrons. The van der Waals surface area contributed by atoms with E-state index in [1.165, 1.54) is 6.07 Å². The van der Waals surface area contributed by atoms with Crippen LogP contribution in [0.25, 0.3) is 22.4 Å². The Hall–Kier alpha value is -2.33. The van der Waals surface area contributed by atoms with Gasteiger partial charge in [0, 0.05) is 16.1 Å². The Morgan fingerprint density at radius 2 is 1.95 bits per heavy atom. The van der Waals surface area contributed by atoms with Crippen molar-refractivity contribution in [2.24, 2.45) is 0 Å². The van der Waals surface area contributed by atoms with Crippen LogP contribution < -0.4 is 5.73 Å². The Morgan fingerprint density at radius 1 is 1.19 bits per heavy atom. The quantitative estimate of drug-likeness (QED) is 0.736. The van der Waals surface area contributed by atoms with E-state index < -0.39 is 0 Å². The summed E-state index contributed by atoms with van der Waals surface area (Å²) in [6.45, 7) is 1.92. The van der Waals surface area contributed by atoms with Gasteiger partial charge >= 0.3 is 0 Å². The van der Waals surface area contributed by atoms with Gasteiger partial charge in [-0.15, -0.1) is 0 Å². The third-order valence-electron chi connectivity index (χ3n) is 3.40. The predicted octanol–water partition coefficient (Wildman–Crippen LogP) is 4.43. The summed E-state index contributed by atoms with van der Waals surface area (Å²) in [5.41, 5.74) is 9.30. The molecule has 0 aliphatic carbocycles. The van der Waals surface area contributed by atoms with Gasteiger partial charge in [-0.1, -0.05) is 41.9 Å². The standard InChI is InChI=1S/C16H13ClFN3/c1-9-6-7-10(8-12(9)17)15-14(16(19)21-20-15)11-4-2-3-5-13(11)18/h2-8H,1H3,(H3,19,20,21). The molecule has 1 aromatic heterocycles. The number of aryl methyl sites for hydroxylation is 1. The minimum absolute atomic E-state index is 0.256. The molecule has 0 atom stereocenters. The largest absolute Gasteiger partial charge is 0.382 e. The van der Waals surface area contributed by atoms with Crippen molar-refractivity contribution < 1.29 is 4.39 Å². The molecular weight excluding hydrogens is 289 g/mol. The van der Waals surface area contributed by atoms with E-state index in [1.807, 2.05) is 25.1 Å². The smallest absolute Gasteiger partial charge is 0.153 e. The molecule has 3 nitrogen and oxygen atoms in total. The number of hydrogen-bond donors (Lipinski definition) is 2. The van der Waals surface area contributed by atoms with Gasteiger partial charge in [0.25, 0.3) is 0 Å². The molecule has 3 rings (SSSR count). The Labute approximate surface area is 126 Å². The maximum atomic E-state index is 14.0. The van der Waals surface area contributed by atoms with E-state index in [-0.39, 0.29) is 11.6 Å². The number of benzene rings is 2. The van der Waals surface area contributed by atoms with Crippen LogP contribution >= 0.6 is 11.6 Å². The van der Waals surface area contributed by atoms with Gasteiger partial charge in [-0.2, -0.15) is 5.10 Å². The van der Waals surface area contributed by atoms with Crippen molar-refractivity contribution >= 4 is 17.4 Å². The van der Waals surface area contributed by atoms with Gasteiger partial charge in [0.15, 0.2) is 5.82 Å². The van der Waals surface area contributed by atoms with E-state index in [2.05, 4.69) is 10.2 Å². The van der Waals surface area contributed by atoms with E-state index in [0.29, 0.717) is 21.8 Å². The Morgan fingerprint density at radius 3 is 2.67 bits per heavy atom. The number of anilines is 1. The predicted molar refractivity (Wildman–Crippen MR) is 83.6 cm³/mol. The van der Waals surface area contributed by atoms with Gasteiger partial charge in [0.05, 0.1) is 11.3 Å². The number of nitrogens with two attached hydrogens (primary N) is 1. The van der Waals surface area contributed by atoms with Crippen LogP contribution in [0.1, 0.15) is 5.56 Å². The normalized spacial score (nSPS) is 10.8. The fourth-order valence-electron chi connectivity index (χ4n) is 2.25. The Kier molecular flexibility index (Phi) is 3.39. The number of H-pyrrole nitrogens is 1. The van der Waals surface area contributed by atoms with Crippen molar-refractivity contribution in [2.75, 3.05) is 5.73 Å². The molecule has 0 spiro atoms. The van der Waals surface area contributed by atoms with Gasteiger partial charge in [-0.25, -0.2) is 4.39 Å². The van der Waals surface area contributed by atoms with Crippen molar-refractivity contribution in [3.63, 3.8) is 0 Å². The van der Waals surface area contributed by atoms with E-state index in [4.69, 9.17) is 17.3 Å². The lowest BCUT2D eigenvalue weighted by Gasteiger charge is -2.07. The molecule has 0 saturated heterocycles. The molecule has 0 bridgehead atoms. The Balaban J connectivity index is 2.22. The summed E-state index contributed by atoms with van der Waals surface area (Å²) >= 11 is 6.16. The number of aromatic nitrogens is 2. The number of nitrogens with one attached hydrogen (secondary N) is 1. The summed E-state index contributed by atoms with van der Waals surface area (Å²) in [6, 6.07) is 12.1.